The molecule has 1 heterocycles. The van der Waals surface area contributed by atoms with E-state index >= 15 is 0 Å². The van der Waals surface area contributed by atoms with E-state index in [2.05, 4.69) is 10.3 Å². The van der Waals surface area contributed by atoms with Crippen LogP contribution in [0, 0.1) is 0 Å². The van der Waals surface area contributed by atoms with Gasteiger partial charge in [0.15, 0.2) is 0 Å². The molecular formula is C12H12ClN3O. The van der Waals surface area contributed by atoms with Crippen LogP contribution in [-0.4, -0.2) is 10.1 Å². The van der Waals surface area contributed by atoms with E-state index in [4.69, 9.17) is 17.3 Å². The summed E-state index contributed by atoms with van der Waals surface area (Å²) in [6.07, 6.45) is 1.57. The molecule has 0 saturated heterocycles. The fourth-order valence-electron chi connectivity index (χ4n) is 1.37. The minimum atomic E-state index is 0.0911. The molecule has 17 heavy (non-hydrogen) atoms. The van der Waals surface area contributed by atoms with Gasteiger partial charge in [-0.2, -0.15) is 0 Å². The Hall–Kier alpha value is -1.94. The van der Waals surface area contributed by atoms with Gasteiger partial charge in [-0.1, -0.05) is 17.7 Å². The van der Waals surface area contributed by atoms with Gasteiger partial charge in [-0.25, -0.2) is 4.98 Å². The van der Waals surface area contributed by atoms with Gasteiger partial charge in [0.1, 0.15) is 11.6 Å². The molecule has 0 amide bonds. The lowest BCUT2D eigenvalue weighted by atomic mass is 10.2. The average Bonchev–Trinajstić information content (AvgIpc) is 2.33. The van der Waals surface area contributed by atoms with E-state index in [1.54, 1.807) is 30.5 Å². The Kier molecular flexibility index (Phi) is 3.35. The van der Waals surface area contributed by atoms with Crippen molar-refractivity contribution < 1.29 is 5.11 Å². The summed E-state index contributed by atoms with van der Waals surface area (Å²) in [6, 6.07) is 8.69. The van der Waals surface area contributed by atoms with Crippen LogP contribution in [0.4, 0.5) is 11.5 Å². The molecule has 0 atom stereocenters. The molecular weight excluding hydrogens is 238 g/mol. The highest BCUT2D eigenvalue weighted by Gasteiger charge is 1.99. The number of aromatic hydroxyl groups is 1. The van der Waals surface area contributed by atoms with Crippen molar-refractivity contribution in [1.82, 2.24) is 4.98 Å². The number of halogens is 1. The maximum Gasteiger partial charge on any atom is 0.138 e. The van der Waals surface area contributed by atoms with Crippen LogP contribution in [0.15, 0.2) is 36.5 Å². The highest BCUT2D eigenvalue weighted by molar-refractivity contribution is 6.30. The molecule has 0 aliphatic heterocycles. The first kappa shape index (κ1) is 11.5. The summed E-state index contributed by atoms with van der Waals surface area (Å²) in [5.74, 6) is 0.819. The average molecular weight is 250 g/mol. The Morgan fingerprint density at radius 3 is 2.76 bits per heavy atom. The van der Waals surface area contributed by atoms with Crippen molar-refractivity contribution >= 4 is 23.1 Å². The summed E-state index contributed by atoms with van der Waals surface area (Å²) >= 11 is 5.73. The molecule has 0 unspecified atom stereocenters. The van der Waals surface area contributed by atoms with Crippen LogP contribution >= 0.6 is 11.6 Å². The van der Waals surface area contributed by atoms with Gasteiger partial charge in [0.2, 0.25) is 0 Å². The van der Waals surface area contributed by atoms with E-state index in [1.165, 1.54) is 0 Å². The Labute approximate surface area is 104 Å². The lowest BCUT2D eigenvalue weighted by molar-refractivity contribution is 0.477. The first-order valence-electron chi connectivity index (χ1n) is 5.08. The van der Waals surface area contributed by atoms with E-state index < -0.39 is 0 Å². The summed E-state index contributed by atoms with van der Waals surface area (Å²) in [5, 5.41) is 13.2. The van der Waals surface area contributed by atoms with Crippen molar-refractivity contribution in [1.29, 1.82) is 0 Å². The molecule has 0 fully saturated rings. The molecule has 2 aromatic rings. The number of nitrogen functional groups attached to an aromatic ring is 1. The van der Waals surface area contributed by atoms with Gasteiger partial charge in [-0.05, 0) is 29.8 Å². The van der Waals surface area contributed by atoms with E-state index in [0.717, 1.165) is 11.4 Å². The van der Waals surface area contributed by atoms with Gasteiger partial charge in [0.25, 0.3) is 0 Å². The number of rotatable bonds is 3. The predicted octanol–water partition coefficient (Wildman–Crippen LogP) is 2.63. The Morgan fingerprint density at radius 2 is 2.12 bits per heavy atom. The fourth-order valence-corrected chi connectivity index (χ4v) is 1.48. The predicted molar refractivity (Wildman–Crippen MR) is 69.1 cm³/mol. The zero-order chi connectivity index (χ0) is 12.3. The first-order valence-corrected chi connectivity index (χ1v) is 5.46. The normalized spacial score (nSPS) is 10.2. The van der Waals surface area contributed by atoms with E-state index in [1.807, 2.05) is 6.07 Å². The molecule has 4 N–H and O–H groups in total. The largest absolute Gasteiger partial charge is 0.506 e. The van der Waals surface area contributed by atoms with Crippen LogP contribution in [0.25, 0.3) is 0 Å². The number of benzene rings is 1. The number of nitrogens with two attached hydrogens (primary N) is 1. The van der Waals surface area contributed by atoms with Gasteiger partial charge in [0.05, 0.1) is 10.7 Å². The zero-order valence-corrected chi connectivity index (χ0v) is 9.78. The molecule has 1 aromatic heterocycles. The van der Waals surface area contributed by atoms with Crippen molar-refractivity contribution in [2.24, 2.45) is 0 Å². The molecule has 4 nitrogen and oxygen atoms in total. The third-order valence-corrected chi connectivity index (χ3v) is 2.52. The van der Waals surface area contributed by atoms with Crippen LogP contribution in [0.3, 0.4) is 0 Å². The van der Waals surface area contributed by atoms with Gasteiger partial charge in [-0.3, -0.25) is 0 Å². The SMILES string of the molecule is Nc1ccc(CNc2ccc(Cl)cn2)cc1O. The highest BCUT2D eigenvalue weighted by Crippen LogP contribution is 2.21. The van der Waals surface area contributed by atoms with Crippen LogP contribution in [0.1, 0.15) is 5.56 Å². The number of hydrogen-bond donors (Lipinski definition) is 3. The maximum absolute atomic E-state index is 9.45. The van der Waals surface area contributed by atoms with Crippen LogP contribution in [-0.2, 0) is 6.54 Å². The number of phenols is 1. The van der Waals surface area contributed by atoms with Crippen molar-refractivity contribution in [3.63, 3.8) is 0 Å². The van der Waals surface area contributed by atoms with Crippen LogP contribution in [0.5, 0.6) is 5.75 Å². The third-order valence-electron chi connectivity index (χ3n) is 2.30. The number of phenolic OH excluding ortho intramolecular Hbond substituents is 1. The van der Waals surface area contributed by atoms with Crippen molar-refractivity contribution in [2.45, 2.75) is 6.54 Å². The second-order valence-electron chi connectivity index (χ2n) is 3.61. The van der Waals surface area contributed by atoms with E-state index in [9.17, 15) is 5.11 Å². The van der Waals surface area contributed by atoms with Gasteiger partial charge in [-0.15, -0.1) is 0 Å². The molecule has 1 aromatic carbocycles. The molecule has 5 heteroatoms. The number of aromatic nitrogens is 1. The molecule has 0 aliphatic rings. The van der Waals surface area contributed by atoms with Crippen LogP contribution in [0.2, 0.25) is 5.02 Å². The molecule has 0 spiro atoms. The molecule has 2 rings (SSSR count). The van der Waals surface area contributed by atoms with E-state index in [-0.39, 0.29) is 5.75 Å². The standard InChI is InChI=1S/C12H12ClN3O/c13-9-2-4-12(16-7-9)15-6-8-1-3-10(14)11(17)5-8/h1-5,7,17H,6,14H2,(H,15,16). The Bertz CT molecular complexity index is 514. The second-order valence-corrected chi connectivity index (χ2v) is 4.04. The van der Waals surface area contributed by atoms with Crippen molar-refractivity contribution in [2.75, 3.05) is 11.1 Å². The molecule has 0 aliphatic carbocycles. The second kappa shape index (κ2) is 4.93. The fraction of sp³-hybridized carbons (Fsp3) is 0.0833. The monoisotopic (exact) mass is 249 g/mol. The smallest absolute Gasteiger partial charge is 0.138 e. The number of nitrogens with zero attached hydrogens (tertiary/aromatic N) is 1. The van der Waals surface area contributed by atoms with Gasteiger partial charge in [0, 0.05) is 12.7 Å². The minimum Gasteiger partial charge on any atom is -0.506 e. The Morgan fingerprint density at radius 1 is 1.29 bits per heavy atom. The third kappa shape index (κ3) is 3.01. The summed E-state index contributed by atoms with van der Waals surface area (Å²) in [7, 11) is 0. The van der Waals surface area contributed by atoms with Crippen LogP contribution < -0.4 is 11.1 Å². The van der Waals surface area contributed by atoms with Crippen molar-refractivity contribution in [3.05, 3.63) is 47.1 Å². The molecule has 0 bridgehead atoms. The zero-order valence-electron chi connectivity index (χ0n) is 9.02. The number of nitrogens with one attached hydrogen (secondary N) is 1. The lowest BCUT2D eigenvalue weighted by Crippen LogP contribution is -2.01. The lowest BCUT2D eigenvalue weighted by Gasteiger charge is -2.07. The van der Waals surface area contributed by atoms with Gasteiger partial charge < -0.3 is 16.2 Å². The number of anilines is 2. The minimum absolute atomic E-state index is 0.0911. The molecule has 88 valence electrons. The van der Waals surface area contributed by atoms with E-state index in [0.29, 0.717) is 17.3 Å². The summed E-state index contributed by atoms with van der Waals surface area (Å²) in [6.45, 7) is 0.558. The highest BCUT2D eigenvalue weighted by atomic mass is 35.5. The maximum atomic E-state index is 9.45. The molecule has 0 saturated carbocycles. The number of pyridine rings is 1. The first-order chi connectivity index (χ1) is 8.15. The summed E-state index contributed by atoms with van der Waals surface area (Å²) in [4.78, 5) is 4.10. The Balaban J connectivity index is 2.02. The van der Waals surface area contributed by atoms with Crippen molar-refractivity contribution in [3.8, 4) is 5.75 Å². The summed E-state index contributed by atoms with van der Waals surface area (Å²) in [5.41, 5.74) is 6.81. The van der Waals surface area contributed by atoms with Gasteiger partial charge >= 0.3 is 0 Å². The quantitative estimate of drug-likeness (QED) is 0.578. The summed E-state index contributed by atoms with van der Waals surface area (Å²) < 4.78 is 0. The topological polar surface area (TPSA) is 71.2 Å². The molecule has 0 radical (unpaired) electrons. The number of hydrogen-bond acceptors (Lipinski definition) is 4.